The van der Waals surface area contributed by atoms with E-state index < -0.39 is 17.5 Å². The first kappa shape index (κ1) is 13.7. The number of anilines is 1. The normalized spacial score (nSPS) is 10.3. The van der Waals surface area contributed by atoms with Crippen LogP contribution in [0, 0.1) is 18.6 Å². The third kappa shape index (κ3) is 3.17. The zero-order valence-electron chi connectivity index (χ0n) is 10.0. The van der Waals surface area contributed by atoms with Crippen LogP contribution in [-0.2, 0) is 0 Å². The van der Waals surface area contributed by atoms with Crippen molar-refractivity contribution in [2.45, 2.75) is 6.92 Å². The number of hydrogen-bond donors (Lipinski definition) is 1. The van der Waals surface area contributed by atoms with Gasteiger partial charge in [-0.15, -0.1) is 0 Å². The predicted molar refractivity (Wildman–Crippen MR) is 73.2 cm³/mol. The van der Waals surface area contributed by atoms with Gasteiger partial charge in [-0.2, -0.15) is 0 Å². The second kappa shape index (κ2) is 5.48. The number of carbonyl (C=O) groups excluding carboxylic acids is 1. The number of carbonyl (C=O) groups is 1. The molecule has 0 atom stereocenters. The summed E-state index contributed by atoms with van der Waals surface area (Å²) < 4.78 is 26.8. The first-order chi connectivity index (χ1) is 8.97. The number of nitrogens with one attached hydrogen (secondary N) is 1. The molecule has 0 aliphatic rings. The number of benzene rings is 2. The van der Waals surface area contributed by atoms with E-state index in [1.807, 2.05) is 6.07 Å². The van der Waals surface area contributed by atoms with Crippen molar-refractivity contribution in [2.24, 2.45) is 0 Å². The Morgan fingerprint density at radius 3 is 2.42 bits per heavy atom. The van der Waals surface area contributed by atoms with Gasteiger partial charge in [0.2, 0.25) is 0 Å². The smallest absolute Gasteiger partial charge is 0.255 e. The summed E-state index contributed by atoms with van der Waals surface area (Å²) >= 11 is 3.32. The van der Waals surface area contributed by atoms with E-state index in [1.165, 1.54) is 0 Å². The molecule has 0 saturated carbocycles. The SMILES string of the molecule is Cc1c(Br)cccc1C(=O)Nc1cc(F)cc(F)c1. The quantitative estimate of drug-likeness (QED) is 0.876. The van der Waals surface area contributed by atoms with Gasteiger partial charge in [0.05, 0.1) is 0 Å². The Bertz CT molecular complexity index is 623. The van der Waals surface area contributed by atoms with Crippen LogP contribution < -0.4 is 5.32 Å². The molecule has 2 nitrogen and oxygen atoms in total. The Morgan fingerprint density at radius 1 is 1.16 bits per heavy atom. The number of halogens is 3. The lowest BCUT2D eigenvalue weighted by molar-refractivity contribution is 0.102. The third-order valence-corrected chi connectivity index (χ3v) is 3.49. The molecule has 0 saturated heterocycles. The van der Waals surface area contributed by atoms with Crippen molar-refractivity contribution in [1.82, 2.24) is 0 Å². The first-order valence-electron chi connectivity index (χ1n) is 5.50. The minimum Gasteiger partial charge on any atom is -0.322 e. The molecular formula is C14H10BrF2NO. The molecule has 98 valence electrons. The van der Waals surface area contributed by atoms with Crippen molar-refractivity contribution >= 4 is 27.5 Å². The van der Waals surface area contributed by atoms with E-state index >= 15 is 0 Å². The molecule has 19 heavy (non-hydrogen) atoms. The van der Waals surface area contributed by atoms with Gasteiger partial charge in [-0.25, -0.2) is 8.78 Å². The van der Waals surface area contributed by atoms with Crippen LogP contribution in [0.3, 0.4) is 0 Å². The van der Waals surface area contributed by atoms with Gasteiger partial charge in [0.1, 0.15) is 11.6 Å². The molecule has 0 aliphatic heterocycles. The lowest BCUT2D eigenvalue weighted by atomic mass is 10.1. The molecule has 1 N–H and O–H groups in total. The van der Waals surface area contributed by atoms with Crippen LogP contribution in [0.5, 0.6) is 0 Å². The third-order valence-electron chi connectivity index (χ3n) is 2.63. The largest absolute Gasteiger partial charge is 0.322 e. The molecule has 2 aromatic rings. The van der Waals surface area contributed by atoms with Gasteiger partial charge in [-0.3, -0.25) is 4.79 Å². The lowest BCUT2D eigenvalue weighted by Crippen LogP contribution is -2.13. The fraction of sp³-hybridized carbons (Fsp3) is 0.0714. The maximum atomic E-state index is 13.0. The Hall–Kier alpha value is -1.75. The van der Waals surface area contributed by atoms with Gasteiger partial charge in [-0.05, 0) is 36.8 Å². The van der Waals surface area contributed by atoms with Crippen LogP contribution in [0.15, 0.2) is 40.9 Å². The molecule has 0 fully saturated rings. The van der Waals surface area contributed by atoms with Gasteiger partial charge < -0.3 is 5.32 Å². The summed E-state index contributed by atoms with van der Waals surface area (Å²) in [5.41, 5.74) is 1.29. The molecule has 0 spiro atoms. The molecule has 1 amide bonds. The summed E-state index contributed by atoms with van der Waals surface area (Å²) in [6, 6.07) is 8.06. The molecule has 2 aromatic carbocycles. The molecule has 5 heteroatoms. The van der Waals surface area contributed by atoms with E-state index in [-0.39, 0.29) is 5.69 Å². The monoisotopic (exact) mass is 325 g/mol. The fourth-order valence-electron chi connectivity index (χ4n) is 1.68. The highest BCUT2D eigenvalue weighted by Crippen LogP contribution is 2.21. The highest BCUT2D eigenvalue weighted by Gasteiger charge is 2.11. The Labute approximate surface area is 117 Å². The molecule has 0 heterocycles. The number of rotatable bonds is 2. The maximum Gasteiger partial charge on any atom is 0.255 e. The Kier molecular flexibility index (Phi) is 3.95. The summed E-state index contributed by atoms with van der Waals surface area (Å²) in [6.45, 7) is 1.78. The van der Waals surface area contributed by atoms with E-state index in [0.717, 1.165) is 28.2 Å². The van der Waals surface area contributed by atoms with Crippen LogP contribution in [0.4, 0.5) is 14.5 Å². The highest BCUT2D eigenvalue weighted by atomic mass is 79.9. The zero-order chi connectivity index (χ0) is 14.0. The maximum absolute atomic E-state index is 13.0. The van der Waals surface area contributed by atoms with E-state index in [9.17, 15) is 13.6 Å². The van der Waals surface area contributed by atoms with Crippen LogP contribution in [0.2, 0.25) is 0 Å². The van der Waals surface area contributed by atoms with Crippen LogP contribution in [-0.4, -0.2) is 5.91 Å². The molecule has 0 aromatic heterocycles. The summed E-state index contributed by atoms with van der Waals surface area (Å²) in [4.78, 5) is 12.0. The van der Waals surface area contributed by atoms with Crippen molar-refractivity contribution in [2.75, 3.05) is 5.32 Å². The van der Waals surface area contributed by atoms with E-state index in [4.69, 9.17) is 0 Å². The Balaban J connectivity index is 2.28. The zero-order valence-corrected chi connectivity index (χ0v) is 11.6. The minimum atomic E-state index is -0.735. The van der Waals surface area contributed by atoms with Crippen molar-refractivity contribution < 1.29 is 13.6 Å². The van der Waals surface area contributed by atoms with Gasteiger partial charge >= 0.3 is 0 Å². The number of amides is 1. The summed E-state index contributed by atoms with van der Waals surface area (Å²) in [5.74, 6) is -1.88. The lowest BCUT2D eigenvalue weighted by Gasteiger charge is -2.09. The second-order valence-corrected chi connectivity index (χ2v) is 4.88. The molecule has 0 unspecified atom stereocenters. The van der Waals surface area contributed by atoms with E-state index in [2.05, 4.69) is 21.2 Å². The second-order valence-electron chi connectivity index (χ2n) is 4.02. The average molecular weight is 326 g/mol. The molecule has 0 radical (unpaired) electrons. The van der Waals surface area contributed by atoms with Gasteiger partial charge in [0.15, 0.2) is 0 Å². The van der Waals surface area contributed by atoms with Crippen molar-refractivity contribution in [3.63, 3.8) is 0 Å². The predicted octanol–water partition coefficient (Wildman–Crippen LogP) is 4.29. The van der Waals surface area contributed by atoms with Gasteiger partial charge in [0, 0.05) is 21.8 Å². The topological polar surface area (TPSA) is 29.1 Å². The fourth-order valence-corrected chi connectivity index (χ4v) is 2.04. The van der Waals surface area contributed by atoms with Crippen LogP contribution in [0.1, 0.15) is 15.9 Å². The first-order valence-corrected chi connectivity index (χ1v) is 6.29. The van der Waals surface area contributed by atoms with Crippen molar-refractivity contribution in [1.29, 1.82) is 0 Å². The van der Waals surface area contributed by atoms with Crippen molar-refractivity contribution in [3.8, 4) is 0 Å². The van der Waals surface area contributed by atoms with E-state index in [1.54, 1.807) is 19.1 Å². The van der Waals surface area contributed by atoms with Gasteiger partial charge in [-0.1, -0.05) is 22.0 Å². The average Bonchev–Trinajstić information content (AvgIpc) is 2.31. The highest BCUT2D eigenvalue weighted by molar-refractivity contribution is 9.10. The summed E-state index contributed by atoms with van der Waals surface area (Å²) in [5, 5.41) is 2.47. The molecule has 0 bridgehead atoms. The van der Waals surface area contributed by atoms with E-state index in [0.29, 0.717) is 5.56 Å². The van der Waals surface area contributed by atoms with Crippen LogP contribution in [0.25, 0.3) is 0 Å². The molecule has 0 aliphatic carbocycles. The van der Waals surface area contributed by atoms with Gasteiger partial charge in [0.25, 0.3) is 5.91 Å². The van der Waals surface area contributed by atoms with Crippen molar-refractivity contribution in [3.05, 3.63) is 63.6 Å². The Morgan fingerprint density at radius 2 is 1.79 bits per heavy atom. The number of hydrogen-bond acceptors (Lipinski definition) is 1. The molecule has 2 rings (SSSR count). The standard InChI is InChI=1S/C14H10BrF2NO/c1-8-12(3-2-4-13(8)15)14(19)18-11-6-9(16)5-10(17)7-11/h2-7H,1H3,(H,18,19). The summed E-state index contributed by atoms with van der Waals surface area (Å²) in [6.07, 6.45) is 0. The molecular weight excluding hydrogens is 316 g/mol. The summed E-state index contributed by atoms with van der Waals surface area (Å²) in [7, 11) is 0. The van der Waals surface area contributed by atoms with Crippen LogP contribution >= 0.6 is 15.9 Å². The minimum absolute atomic E-state index is 0.0851.